The second kappa shape index (κ2) is 11.0. The predicted molar refractivity (Wildman–Crippen MR) is 136 cm³/mol. The Morgan fingerprint density at radius 2 is 1.76 bits per heavy atom. The summed E-state index contributed by atoms with van der Waals surface area (Å²) in [6, 6.07) is 18.3. The van der Waals surface area contributed by atoms with Crippen molar-refractivity contribution in [3.8, 4) is 11.3 Å². The number of nitrogens with one attached hydrogen (secondary N) is 2. The largest absolute Gasteiger partial charge is 0.466 e. The van der Waals surface area contributed by atoms with Crippen LogP contribution in [-0.2, 0) is 9.53 Å². The molecule has 0 amide bonds. The molecule has 0 aliphatic carbocycles. The van der Waals surface area contributed by atoms with Crippen molar-refractivity contribution in [2.75, 3.05) is 40.9 Å². The summed E-state index contributed by atoms with van der Waals surface area (Å²) in [5.74, 6) is 0.512. The molecule has 2 N–H and O–H groups in total. The first-order chi connectivity index (χ1) is 16.2. The summed E-state index contributed by atoms with van der Waals surface area (Å²) < 4.78 is 8.38. The molecule has 1 aliphatic rings. The first-order valence-electron chi connectivity index (χ1n) is 11.2. The number of piperidine rings is 1. The van der Waals surface area contributed by atoms with Gasteiger partial charge in [0.1, 0.15) is 0 Å². The Labute approximate surface area is 199 Å². The lowest BCUT2D eigenvalue weighted by Gasteiger charge is -2.32. The number of anilines is 4. The van der Waals surface area contributed by atoms with E-state index in [0.717, 1.165) is 54.3 Å². The number of hydrogen-bond donors (Lipinski definition) is 2. The summed E-state index contributed by atoms with van der Waals surface area (Å²) in [6.07, 6.45) is 5.42. The summed E-state index contributed by atoms with van der Waals surface area (Å²) in [4.78, 5) is 23.3. The van der Waals surface area contributed by atoms with E-state index in [-0.39, 0.29) is 11.9 Å². The summed E-state index contributed by atoms with van der Waals surface area (Å²) >= 11 is 1.57. The van der Waals surface area contributed by atoms with E-state index in [4.69, 9.17) is 4.74 Å². The molecule has 7 nitrogen and oxygen atoms in total. The van der Waals surface area contributed by atoms with E-state index in [1.165, 1.54) is 0 Å². The van der Waals surface area contributed by atoms with Gasteiger partial charge in [-0.3, -0.25) is 4.79 Å². The van der Waals surface area contributed by atoms with E-state index in [0.29, 0.717) is 12.6 Å². The van der Waals surface area contributed by atoms with E-state index in [1.807, 2.05) is 55.6 Å². The number of esters is 1. The van der Waals surface area contributed by atoms with Gasteiger partial charge in [0.2, 0.25) is 5.95 Å². The number of carbonyl (C=O) groups excluding carboxylic acids is 1. The van der Waals surface area contributed by atoms with Gasteiger partial charge in [-0.2, -0.15) is 0 Å². The van der Waals surface area contributed by atoms with Crippen LogP contribution < -0.4 is 14.9 Å². The van der Waals surface area contributed by atoms with Crippen LogP contribution in [0.3, 0.4) is 0 Å². The van der Waals surface area contributed by atoms with Crippen LogP contribution in [0, 0.1) is 5.92 Å². The van der Waals surface area contributed by atoms with Crippen molar-refractivity contribution >= 4 is 40.9 Å². The van der Waals surface area contributed by atoms with Crippen LogP contribution in [-0.4, -0.2) is 41.9 Å². The number of rotatable bonds is 8. The lowest BCUT2D eigenvalue weighted by molar-refractivity contribution is -0.148. The third-order valence-electron chi connectivity index (χ3n) is 5.66. The van der Waals surface area contributed by atoms with Crippen LogP contribution in [0.2, 0.25) is 0 Å². The highest BCUT2D eigenvalue weighted by Gasteiger charge is 2.26. The molecule has 0 radical (unpaired) electrons. The molecule has 172 valence electrons. The van der Waals surface area contributed by atoms with E-state index >= 15 is 0 Å². The van der Waals surface area contributed by atoms with Crippen LogP contribution in [0.15, 0.2) is 60.8 Å². The molecule has 0 bridgehead atoms. The van der Waals surface area contributed by atoms with Gasteiger partial charge in [-0.05, 0) is 62.2 Å². The molecule has 2 aromatic carbocycles. The highest BCUT2D eigenvalue weighted by molar-refractivity contribution is 7.99. The van der Waals surface area contributed by atoms with Crippen LogP contribution in [0.25, 0.3) is 11.3 Å². The third-order valence-corrected chi connectivity index (χ3v) is 6.10. The van der Waals surface area contributed by atoms with Gasteiger partial charge in [0.25, 0.3) is 0 Å². The smallest absolute Gasteiger partial charge is 0.309 e. The maximum absolute atomic E-state index is 12.0. The summed E-state index contributed by atoms with van der Waals surface area (Å²) in [6.45, 7) is 4.01. The lowest BCUT2D eigenvalue weighted by atomic mass is 9.96. The fourth-order valence-electron chi connectivity index (χ4n) is 3.92. The van der Waals surface area contributed by atoms with Crippen molar-refractivity contribution in [3.05, 3.63) is 60.8 Å². The molecule has 1 fully saturated rings. The Hall–Kier alpha value is -3.26. The van der Waals surface area contributed by atoms with Crippen molar-refractivity contribution in [2.24, 2.45) is 5.92 Å². The molecule has 2 heterocycles. The quantitative estimate of drug-likeness (QED) is 0.342. The second-order valence-corrected chi connectivity index (χ2v) is 8.45. The zero-order chi connectivity index (χ0) is 23.0. The monoisotopic (exact) mass is 463 g/mol. The van der Waals surface area contributed by atoms with Crippen molar-refractivity contribution in [3.63, 3.8) is 0 Å². The Morgan fingerprint density at radius 3 is 2.42 bits per heavy atom. The highest BCUT2D eigenvalue weighted by Crippen LogP contribution is 2.27. The topological polar surface area (TPSA) is 79.4 Å². The summed E-state index contributed by atoms with van der Waals surface area (Å²) in [5, 5.41) is 3.29. The maximum atomic E-state index is 12.0. The molecule has 33 heavy (non-hydrogen) atoms. The molecule has 1 saturated heterocycles. The van der Waals surface area contributed by atoms with Gasteiger partial charge in [0, 0.05) is 48.2 Å². The number of nitrogens with zero attached hydrogens (tertiary/aromatic N) is 3. The fourth-order valence-corrected chi connectivity index (χ4v) is 4.30. The van der Waals surface area contributed by atoms with Crippen LogP contribution in [0.5, 0.6) is 0 Å². The van der Waals surface area contributed by atoms with E-state index < -0.39 is 0 Å². The minimum atomic E-state index is -0.0634. The Kier molecular flexibility index (Phi) is 7.67. The number of ether oxygens (including phenoxy) is 1. The third kappa shape index (κ3) is 5.96. The van der Waals surface area contributed by atoms with Crippen molar-refractivity contribution in [2.45, 2.75) is 19.8 Å². The number of carbonyl (C=O) groups is 1. The molecule has 0 spiro atoms. The summed E-state index contributed by atoms with van der Waals surface area (Å²) in [7, 11) is 0. The zero-order valence-electron chi connectivity index (χ0n) is 19.0. The second-order valence-electron chi connectivity index (χ2n) is 7.83. The maximum Gasteiger partial charge on any atom is 0.309 e. The Morgan fingerprint density at radius 1 is 1.06 bits per heavy atom. The van der Waals surface area contributed by atoms with Gasteiger partial charge in [0.05, 0.1) is 18.2 Å². The molecule has 0 unspecified atom stereocenters. The normalized spacial score (nSPS) is 14.1. The molecule has 8 heteroatoms. The molecule has 1 aromatic heterocycles. The molecule has 4 rings (SSSR count). The molecule has 0 saturated carbocycles. The van der Waals surface area contributed by atoms with E-state index in [1.54, 1.807) is 18.1 Å². The minimum absolute atomic E-state index is 0.0181. The zero-order valence-corrected chi connectivity index (χ0v) is 19.8. The van der Waals surface area contributed by atoms with Crippen LogP contribution >= 0.6 is 11.9 Å². The van der Waals surface area contributed by atoms with Gasteiger partial charge in [-0.15, -0.1) is 0 Å². The number of benzene rings is 2. The standard InChI is InChI=1S/C25H29N5O2S/c1-3-32-24(31)19-13-16-30(17-14-19)22-10-8-20(9-11-22)27-25-26-15-12-23(28-25)18-4-6-21(7-5-18)29-33-2/h4-12,15,19,29H,3,13-14,16-17H2,1-2H3,(H,26,27,28). The summed E-state index contributed by atoms with van der Waals surface area (Å²) in [5.41, 5.74) is 5.04. The van der Waals surface area contributed by atoms with E-state index in [2.05, 4.69) is 37.0 Å². The fraction of sp³-hybridized carbons (Fsp3) is 0.320. The van der Waals surface area contributed by atoms with Crippen molar-refractivity contribution in [1.29, 1.82) is 0 Å². The molecular formula is C25H29N5O2S. The number of hydrogen-bond acceptors (Lipinski definition) is 8. The van der Waals surface area contributed by atoms with Crippen molar-refractivity contribution in [1.82, 2.24) is 9.97 Å². The van der Waals surface area contributed by atoms with Crippen LogP contribution in [0.4, 0.5) is 23.0 Å². The van der Waals surface area contributed by atoms with E-state index in [9.17, 15) is 4.79 Å². The van der Waals surface area contributed by atoms with Gasteiger partial charge in [0.15, 0.2) is 0 Å². The predicted octanol–water partition coefficient (Wildman–Crippen LogP) is 5.36. The average Bonchev–Trinajstić information content (AvgIpc) is 2.86. The first kappa shape index (κ1) is 22.9. The Bertz CT molecular complexity index is 1050. The van der Waals surface area contributed by atoms with Gasteiger partial charge in [-0.1, -0.05) is 24.1 Å². The van der Waals surface area contributed by atoms with Crippen LogP contribution in [0.1, 0.15) is 19.8 Å². The molecule has 3 aromatic rings. The van der Waals surface area contributed by atoms with Crippen molar-refractivity contribution < 1.29 is 9.53 Å². The average molecular weight is 464 g/mol. The lowest BCUT2D eigenvalue weighted by Crippen LogP contribution is -2.36. The molecule has 0 atom stereocenters. The SMILES string of the molecule is CCOC(=O)C1CCN(c2ccc(Nc3nccc(-c4ccc(NSC)cc4)n3)cc2)CC1. The molecule has 1 aliphatic heterocycles. The minimum Gasteiger partial charge on any atom is -0.466 e. The first-order valence-corrected chi connectivity index (χ1v) is 12.4. The number of aromatic nitrogens is 2. The van der Waals surface area contributed by atoms with Gasteiger partial charge >= 0.3 is 5.97 Å². The molecular weight excluding hydrogens is 434 g/mol. The van der Waals surface area contributed by atoms with Gasteiger partial charge in [-0.25, -0.2) is 9.97 Å². The highest BCUT2D eigenvalue weighted by atomic mass is 32.2. The van der Waals surface area contributed by atoms with Gasteiger partial charge < -0.3 is 19.7 Å². The Balaban J connectivity index is 1.36.